The molecule has 0 aliphatic carbocycles. The second kappa shape index (κ2) is 4.89. The van der Waals surface area contributed by atoms with Crippen molar-refractivity contribution in [3.05, 3.63) is 71.9 Å². The van der Waals surface area contributed by atoms with Crippen LogP contribution in [0.3, 0.4) is 0 Å². The summed E-state index contributed by atoms with van der Waals surface area (Å²) in [7, 11) is 0. The van der Waals surface area contributed by atoms with Crippen molar-refractivity contribution in [3.8, 4) is 0 Å². The lowest BCUT2D eigenvalue weighted by molar-refractivity contribution is -0.121. The molecule has 3 aromatic rings. The number of nitrogens with one attached hydrogen (secondary N) is 2. The summed E-state index contributed by atoms with van der Waals surface area (Å²) in [4.78, 5) is 17.6. The van der Waals surface area contributed by atoms with Gasteiger partial charge in [0.05, 0.1) is 17.0 Å². The molecule has 1 spiro atoms. The second-order valence-corrected chi connectivity index (χ2v) is 6.53. The molecule has 4 heteroatoms. The average molecular weight is 315 g/mol. The van der Waals surface area contributed by atoms with Crippen molar-refractivity contribution < 1.29 is 4.79 Å². The summed E-state index contributed by atoms with van der Waals surface area (Å²) in [5, 5.41) is 7.75. The van der Waals surface area contributed by atoms with Crippen LogP contribution in [0.1, 0.15) is 23.6 Å². The van der Waals surface area contributed by atoms with Gasteiger partial charge in [-0.3, -0.25) is 9.78 Å². The van der Waals surface area contributed by atoms with Gasteiger partial charge >= 0.3 is 0 Å². The topological polar surface area (TPSA) is 54.0 Å². The number of benzene rings is 2. The third-order valence-corrected chi connectivity index (χ3v) is 5.40. The first-order valence-electron chi connectivity index (χ1n) is 8.29. The molecule has 2 aliphatic heterocycles. The molecule has 3 heterocycles. The predicted molar refractivity (Wildman–Crippen MR) is 93.9 cm³/mol. The number of pyridine rings is 1. The van der Waals surface area contributed by atoms with Gasteiger partial charge in [-0.1, -0.05) is 42.5 Å². The zero-order chi connectivity index (χ0) is 16.1. The summed E-state index contributed by atoms with van der Waals surface area (Å²) < 4.78 is 0. The number of hydrogen-bond acceptors (Lipinski definition) is 3. The minimum Gasteiger partial charge on any atom is -0.325 e. The zero-order valence-electron chi connectivity index (χ0n) is 13.1. The molecule has 118 valence electrons. The van der Waals surface area contributed by atoms with Gasteiger partial charge < -0.3 is 10.6 Å². The van der Waals surface area contributed by atoms with Gasteiger partial charge in [-0.15, -0.1) is 0 Å². The highest BCUT2D eigenvalue weighted by Crippen LogP contribution is 2.51. The van der Waals surface area contributed by atoms with Gasteiger partial charge in [-0.2, -0.15) is 0 Å². The number of aromatic nitrogens is 1. The maximum absolute atomic E-state index is 13.0. The molecule has 4 nitrogen and oxygen atoms in total. The van der Waals surface area contributed by atoms with Crippen molar-refractivity contribution >= 4 is 22.5 Å². The van der Waals surface area contributed by atoms with Crippen molar-refractivity contribution in [2.24, 2.45) is 0 Å². The Bertz CT molecular complexity index is 963. The highest BCUT2D eigenvalue weighted by Gasteiger charge is 2.55. The molecule has 1 aromatic heterocycles. The van der Waals surface area contributed by atoms with Crippen molar-refractivity contribution in [1.82, 2.24) is 10.3 Å². The Hall–Kier alpha value is -2.72. The van der Waals surface area contributed by atoms with Crippen LogP contribution in [0.5, 0.6) is 0 Å². The number of anilines is 1. The van der Waals surface area contributed by atoms with Crippen LogP contribution in [0.25, 0.3) is 10.9 Å². The van der Waals surface area contributed by atoms with E-state index in [1.54, 1.807) is 0 Å². The molecule has 1 fully saturated rings. The van der Waals surface area contributed by atoms with Crippen LogP contribution in [-0.4, -0.2) is 17.4 Å². The van der Waals surface area contributed by atoms with Gasteiger partial charge in [0.25, 0.3) is 0 Å². The first-order valence-corrected chi connectivity index (χ1v) is 8.29. The summed E-state index contributed by atoms with van der Waals surface area (Å²) in [6.07, 6.45) is 2.61. The van der Waals surface area contributed by atoms with E-state index in [-0.39, 0.29) is 11.9 Å². The number of nitrogens with zero attached hydrogens (tertiary/aromatic N) is 1. The van der Waals surface area contributed by atoms with E-state index < -0.39 is 5.41 Å². The van der Waals surface area contributed by atoms with E-state index in [0.29, 0.717) is 0 Å². The fraction of sp³-hybridized carbons (Fsp3) is 0.200. The molecule has 1 saturated heterocycles. The molecule has 2 aliphatic rings. The molecule has 0 saturated carbocycles. The number of carbonyl (C=O) groups excluding carboxylic acids is 1. The maximum Gasteiger partial charge on any atom is 0.237 e. The summed E-state index contributed by atoms with van der Waals surface area (Å²) >= 11 is 0. The van der Waals surface area contributed by atoms with E-state index in [9.17, 15) is 4.79 Å². The smallest absolute Gasteiger partial charge is 0.237 e. The molecule has 0 unspecified atom stereocenters. The number of amides is 1. The van der Waals surface area contributed by atoms with Gasteiger partial charge in [0.2, 0.25) is 5.91 Å². The Morgan fingerprint density at radius 1 is 1.04 bits per heavy atom. The van der Waals surface area contributed by atoms with Gasteiger partial charge in [-0.05, 0) is 36.2 Å². The number of para-hydroxylation sites is 2. The Balaban J connectivity index is 1.75. The van der Waals surface area contributed by atoms with Gasteiger partial charge in [0.15, 0.2) is 0 Å². The lowest BCUT2D eigenvalue weighted by atomic mass is 9.72. The standard InChI is InChI=1S/C20H17N3O/c24-19-20(15-8-1-2-9-16(15)23-19)10-12-22-18(20)14-7-3-5-13-6-4-11-21-17(13)14/h1-9,11,18,22H,10,12H2,(H,23,24)/t18-,20-/m0/s1. The Kier molecular flexibility index (Phi) is 2.79. The molecule has 0 radical (unpaired) electrons. The monoisotopic (exact) mass is 315 g/mol. The van der Waals surface area contributed by atoms with Crippen LogP contribution in [0, 0.1) is 0 Å². The highest BCUT2D eigenvalue weighted by molar-refractivity contribution is 6.07. The molecular weight excluding hydrogens is 298 g/mol. The first kappa shape index (κ1) is 13.7. The van der Waals surface area contributed by atoms with E-state index in [1.807, 2.05) is 36.5 Å². The quantitative estimate of drug-likeness (QED) is 0.725. The SMILES string of the molecule is O=C1Nc2ccccc2[C@]12CCN[C@H]2c1cccc2cccnc12. The molecule has 2 atom stereocenters. The third kappa shape index (κ3) is 1.66. The Morgan fingerprint density at radius 3 is 2.88 bits per heavy atom. The summed E-state index contributed by atoms with van der Waals surface area (Å²) in [6.45, 7) is 0.815. The summed E-state index contributed by atoms with van der Waals surface area (Å²) in [6, 6.07) is 18.2. The summed E-state index contributed by atoms with van der Waals surface area (Å²) in [5.41, 5.74) is 3.54. The van der Waals surface area contributed by atoms with E-state index in [4.69, 9.17) is 0 Å². The molecule has 5 rings (SSSR count). The van der Waals surface area contributed by atoms with Crippen molar-refractivity contribution in [1.29, 1.82) is 0 Å². The van der Waals surface area contributed by atoms with Crippen LogP contribution >= 0.6 is 0 Å². The maximum atomic E-state index is 13.0. The number of rotatable bonds is 1. The Labute approximate surface area is 139 Å². The van der Waals surface area contributed by atoms with Gasteiger partial charge in [0.1, 0.15) is 0 Å². The highest BCUT2D eigenvalue weighted by atomic mass is 16.2. The lowest BCUT2D eigenvalue weighted by Crippen LogP contribution is -2.39. The normalized spacial score (nSPS) is 25.2. The van der Waals surface area contributed by atoms with Crippen molar-refractivity contribution in [2.45, 2.75) is 17.9 Å². The van der Waals surface area contributed by atoms with Crippen LogP contribution in [-0.2, 0) is 10.2 Å². The van der Waals surface area contributed by atoms with Crippen LogP contribution in [0.4, 0.5) is 5.69 Å². The molecule has 0 bridgehead atoms. The van der Waals surface area contributed by atoms with E-state index >= 15 is 0 Å². The fourth-order valence-electron chi connectivity index (χ4n) is 4.34. The molecule has 2 N–H and O–H groups in total. The van der Waals surface area contributed by atoms with Crippen LogP contribution < -0.4 is 10.6 Å². The average Bonchev–Trinajstić information content (AvgIpc) is 3.18. The van der Waals surface area contributed by atoms with E-state index in [0.717, 1.165) is 40.7 Å². The number of fused-ring (bicyclic) bond motifs is 3. The largest absolute Gasteiger partial charge is 0.325 e. The fourth-order valence-corrected chi connectivity index (χ4v) is 4.34. The second-order valence-electron chi connectivity index (χ2n) is 6.53. The predicted octanol–water partition coefficient (Wildman–Crippen LogP) is 3.16. The molecule has 1 amide bonds. The first-order chi connectivity index (χ1) is 11.8. The number of hydrogen-bond donors (Lipinski definition) is 2. The Morgan fingerprint density at radius 2 is 1.92 bits per heavy atom. The minimum absolute atomic E-state index is 0.0697. The number of carbonyl (C=O) groups is 1. The van der Waals surface area contributed by atoms with E-state index in [2.05, 4.69) is 39.9 Å². The van der Waals surface area contributed by atoms with Crippen molar-refractivity contribution in [2.75, 3.05) is 11.9 Å². The third-order valence-electron chi connectivity index (χ3n) is 5.40. The molecule has 2 aromatic carbocycles. The molecule has 24 heavy (non-hydrogen) atoms. The van der Waals surface area contributed by atoms with Crippen LogP contribution in [0.15, 0.2) is 60.8 Å². The summed E-state index contributed by atoms with van der Waals surface area (Å²) in [5.74, 6) is 0.0895. The van der Waals surface area contributed by atoms with Gasteiger partial charge in [0, 0.05) is 17.3 Å². The minimum atomic E-state index is -0.553. The van der Waals surface area contributed by atoms with Gasteiger partial charge in [-0.25, -0.2) is 0 Å². The van der Waals surface area contributed by atoms with E-state index in [1.165, 1.54) is 0 Å². The van der Waals surface area contributed by atoms with Crippen LogP contribution in [0.2, 0.25) is 0 Å². The molecular formula is C20H17N3O. The van der Waals surface area contributed by atoms with Crippen molar-refractivity contribution in [3.63, 3.8) is 0 Å². The zero-order valence-corrected chi connectivity index (χ0v) is 13.1. The lowest BCUT2D eigenvalue weighted by Gasteiger charge is -2.30.